The molecule has 1 unspecified atom stereocenters. The Morgan fingerprint density at radius 3 is 2.46 bits per heavy atom. The van der Waals surface area contributed by atoms with Gasteiger partial charge in [-0.1, -0.05) is 20.8 Å². The van der Waals surface area contributed by atoms with E-state index < -0.39 is 0 Å². The average Bonchev–Trinajstić information content (AvgIpc) is 2.50. The van der Waals surface area contributed by atoms with Gasteiger partial charge in [-0.25, -0.2) is 0 Å². The first kappa shape index (κ1) is 10.3. The van der Waals surface area contributed by atoms with Crippen molar-refractivity contribution in [1.82, 2.24) is 4.57 Å². The van der Waals surface area contributed by atoms with Crippen molar-refractivity contribution in [1.29, 1.82) is 0 Å². The quantitative estimate of drug-likeness (QED) is 0.756. The van der Waals surface area contributed by atoms with Gasteiger partial charge in [0.05, 0.1) is 0 Å². The zero-order valence-electron chi connectivity index (χ0n) is 9.04. The van der Waals surface area contributed by atoms with Crippen molar-refractivity contribution in [2.45, 2.75) is 26.2 Å². The molecule has 1 aromatic heterocycles. The monoisotopic (exact) mass is 180 g/mol. The lowest BCUT2D eigenvalue weighted by atomic mass is 9.76. The summed E-state index contributed by atoms with van der Waals surface area (Å²) >= 11 is 0. The number of nitrogens with zero attached hydrogens (tertiary/aromatic N) is 1. The molecule has 0 radical (unpaired) electrons. The van der Waals surface area contributed by atoms with Crippen LogP contribution in [-0.4, -0.2) is 11.1 Å². The maximum absolute atomic E-state index is 5.85. The van der Waals surface area contributed by atoms with Crippen LogP contribution in [0.4, 0.5) is 0 Å². The van der Waals surface area contributed by atoms with Gasteiger partial charge in [-0.05, 0) is 18.1 Å². The van der Waals surface area contributed by atoms with Gasteiger partial charge in [0.15, 0.2) is 0 Å². The van der Waals surface area contributed by atoms with Crippen molar-refractivity contribution < 1.29 is 0 Å². The molecule has 74 valence electrons. The third kappa shape index (κ3) is 1.63. The number of hydrogen-bond acceptors (Lipinski definition) is 1. The summed E-state index contributed by atoms with van der Waals surface area (Å²) in [4.78, 5) is 0. The Balaban J connectivity index is 3.10. The van der Waals surface area contributed by atoms with Crippen LogP contribution in [-0.2, 0) is 12.5 Å². The Bertz CT molecular complexity index is 275. The summed E-state index contributed by atoms with van der Waals surface area (Å²) < 4.78 is 2.16. The fraction of sp³-hybridized carbons (Fsp3) is 0.636. The van der Waals surface area contributed by atoms with Crippen LogP contribution >= 0.6 is 0 Å². The first-order chi connectivity index (χ1) is 6.02. The summed E-state index contributed by atoms with van der Waals surface area (Å²) in [6.45, 7) is 7.37. The fourth-order valence-corrected chi connectivity index (χ4v) is 1.69. The SMILES string of the molecule is CC(C)C(C)(CN)c1cccn1C. The Hall–Kier alpha value is -0.760. The smallest absolute Gasteiger partial charge is 0.0246 e. The Kier molecular flexibility index (Phi) is 2.81. The van der Waals surface area contributed by atoms with Crippen LogP contribution in [0.25, 0.3) is 0 Å². The van der Waals surface area contributed by atoms with E-state index in [1.54, 1.807) is 0 Å². The van der Waals surface area contributed by atoms with E-state index in [1.165, 1.54) is 5.69 Å². The van der Waals surface area contributed by atoms with Crippen LogP contribution in [0.2, 0.25) is 0 Å². The summed E-state index contributed by atoms with van der Waals surface area (Å²) in [7, 11) is 2.08. The zero-order chi connectivity index (χ0) is 10.1. The lowest BCUT2D eigenvalue weighted by Gasteiger charge is -2.33. The molecule has 1 aromatic rings. The molecule has 0 amide bonds. The van der Waals surface area contributed by atoms with Crippen LogP contribution in [0, 0.1) is 5.92 Å². The van der Waals surface area contributed by atoms with Gasteiger partial charge in [0.25, 0.3) is 0 Å². The fourth-order valence-electron chi connectivity index (χ4n) is 1.69. The minimum Gasteiger partial charge on any atom is -0.354 e. The number of aryl methyl sites for hydroxylation is 1. The number of rotatable bonds is 3. The Morgan fingerprint density at radius 2 is 2.15 bits per heavy atom. The molecule has 0 spiro atoms. The lowest BCUT2D eigenvalue weighted by molar-refractivity contribution is 0.330. The molecule has 0 saturated carbocycles. The predicted molar refractivity (Wildman–Crippen MR) is 56.7 cm³/mol. The van der Waals surface area contributed by atoms with Gasteiger partial charge in [-0.15, -0.1) is 0 Å². The molecule has 0 bridgehead atoms. The topological polar surface area (TPSA) is 30.9 Å². The van der Waals surface area contributed by atoms with Gasteiger partial charge >= 0.3 is 0 Å². The zero-order valence-corrected chi connectivity index (χ0v) is 9.04. The second-order valence-corrected chi connectivity index (χ2v) is 4.28. The Morgan fingerprint density at radius 1 is 1.54 bits per heavy atom. The molecule has 13 heavy (non-hydrogen) atoms. The number of aromatic nitrogens is 1. The molecule has 0 fully saturated rings. The maximum Gasteiger partial charge on any atom is 0.0246 e. The van der Waals surface area contributed by atoms with Gasteiger partial charge in [0.2, 0.25) is 0 Å². The number of hydrogen-bond donors (Lipinski definition) is 1. The standard InChI is InChI=1S/C11H20N2/c1-9(2)11(3,8-12)10-6-5-7-13(10)4/h5-7,9H,8,12H2,1-4H3. The summed E-state index contributed by atoms with van der Waals surface area (Å²) in [5.41, 5.74) is 7.27. The lowest BCUT2D eigenvalue weighted by Crippen LogP contribution is -2.38. The highest BCUT2D eigenvalue weighted by Crippen LogP contribution is 2.30. The molecule has 2 heteroatoms. The largest absolute Gasteiger partial charge is 0.354 e. The van der Waals surface area contributed by atoms with E-state index >= 15 is 0 Å². The molecule has 0 aliphatic rings. The van der Waals surface area contributed by atoms with E-state index in [0.29, 0.717) is 12.5 Å². The second-order valence-electron chi connectivity index (χ2n) is 4.28. The predicted octanol–water partition coefficient (Wildman–Crippen LogP) is 1.90. The van der Waals surface area contributed by atoms with Crippen molar-refractivity contribution in [3.05, 3.63) is 24.0 Å². The van der Waals surface area contributed by atoms with Crippen molar-refractivity contribution >= 4 is 0 Å². The van der Waals surface area contributed by atoms with Gasteiger partial charge in [-0.2, -0.15) is 0 Å². The third-order valence-corrected chi connectivity index (χ3v) is 3.23. The summed E-state index contributed by atoms with van der Waals surface area (Å²) in [5, 5.41) is 0. The van der Waals surface area contributed by atoms with Gasteiger partial charge in [-0.3, -0.25) is 0 Å². The minimum atomic E-state index is 0.0955. The maximum atomic E-state index is 5.85. The molecule has 1 atom stereocenters. The first-order valence-electron chi connectivity index (χ1n) is 4.84. The molecule has 1 rings (SSSR count). The first-order valence-corrected chi connectivity index (χ1v) is 4.84. The van der Waals surface area contributed by atoms with Gasteiger partial charge < -0.3 is 10.3 Å². The highest BCUT2D eigenvalue weighted by atomic mass is 14.9. The van der Waals surface area contributed by atoms with Crippen molar-refractivity contribution in [3.63, 3.8) is 0 Å². The summed E-state index contributed by atoms with van der Waals surface area (Å²) in [6.07, 6.45) is 2.08. The van der Waals surface area contributed by atoms with Gasteiger partial charge in [0.1, 0.15) is 0 Å². The highest BCUT2D eigenvalue weighted by molar-refractivity contribution is 5.19. The van der Waals surface area contributed by atoms with E-state index in [9.17, 15) is 0 Å². The molecular formula is C11H20N2. The molecule has 2 N–H and O–H groups in total. The Labute approximate surface area is 80.7 Å². The van der Waals surface area contributed by atoms with Crippen LogP contribution in [0.1, 0.15) is 26.5 Å². The van der Waals surface area contributed by atoms with Gasteiger partial charge in [0, 0.05) is 30.9 Å². The highest BCUT2D eigenvalue weighted by Gasteiger charge is 2.30. The van der Waals surface area contributed by atoms with Crippen LogP contribution < -0.4 is 5.73 Å². The van der Waals surface area contributed by atoms with E-state index in [1.807, 2.05) is 0 Å². The molecule has 1 heterocycles. The molecule has 0 aliphatic carbocycles. The van der Waals surface area contributed by atoms with E-state index in [-0.39, 0.29) is 5.41 Å². The summed E-state index contributed by atoms with van der Waals surface area (Å²) in [6, 6.07) is 4.23. The van der Waals surface area contributed by atoms with E-state index in [4.69, 9.17) is 5.73 Å². The minimum absolute atomic E-state index is 0.0955. The normalized spacial score (nSPS) is 16.2. The van der Waals surface area contributed by atoms with E-state index in [0.717, 1.165) is 0 Å². The molecule has 0 saturated heterocycles. The summed E-state index contributed by atoms with van der Waals surface area (Å²) in [5.74, 6) is 0.561. The van der Waals surface area contributed by atoms with E-state index in [2.05, 4.69) is 50.7 Å². The molecule has 0 aromatic carbocycles. The second kappa shape index (κ2) is 3.54. The van der Waals surface area contributed by atoms with Crippen molar-refractivity contribution in [3.8, 4) is 0 Å². The molecular weight excluding hydrogens is 160 g/mol. The van der Waals surface area contributed by atoms with Crippen LogP contribution in [0.15, 0.2) is 18.3 Å². The van der Waals surface area contributed by atoms with Crippen molar-refractivity contribution in [2.24, 2.45) is 18.7 Å². The number of nitrogens with two attached hydrogens (primary N) is 1. The average molecular weight is 180 g/mol. The molecule has 0 aliphatic heterocycles. The van der Waals surface area contributed by atoms with Crippen LogP contribution in [0.5, 0.6) is 0 Å². The molecule has 2 nitrogen and oxygen atoms in total. The van der Waals surface area contributed by atoms with Crippen molar-refractivity contribution in [2.75, 3.05) is 6.54 Å². The third-order valence-electron chi connectivity index (χ3n) is 3.23. The van der Waals surface area contributed by atoms with Crippen LogP contribution in [0.3, 0.4) is 0 Å².